The maximum Gasteiger partial charge on any atom is 0.0249 e. The van der Waals surface area contributed by atoms with Gasteiger partial charge in [-0.25, -0.2) is 0 Å². The molecule has 2 atom stereocenters. The second-order valence-corrected chi connectivity index (χ2v) is 4.09. The first-order valence-electron chi connectivity index (χ1n) is 5.39. The first-order valence-corrected chi connectivity index (χ1v) is 5.39. The molecule has 70 valence electrons. The highest BCUT2D eigenvalue weighted by Gasteiger charge is 2.33. The molecule has 2 heteroatoms. The van der Waals surface area contributed by atoms with Gasteiger partial charge in [-0.1, -0.05) is 13.3 Å². The van der Waals surface area contributed by atoms with E-state index in [1.54, 1.807) is 0 Å². The van der Waals surface area contributed by atoms with Crippen molar-refractivity contribution in [3.8, 4) is 0 Å². The van der Waals surface area contributed by atoms with E-state index in [1.165, 1.54) is 45.3 Å². The Morgan fingerprint density at radius 3 is 3.17 bits per heavy atom. The van der Waals surface area contributed by atoms with Gasteiger partial charge in [0.25, 0.3) is 0 Å². The van der Waals surface area contributed by atoms with Crippen molar-refractivity contribution in [2.75, 3.05) is 19.6 Å². The van der Waals surface area contributed by atoms with E-state index in [9.17, 15) is 0 Å². The summed E-state index contributed by atoms with van der Waals surface area (Å²) < 4.78 is 0. The molecule has 0 radical (unpaired) electrons. The monoisotopic (exact) mass is 168 g/mol. The van der Waals surface area contributed by atoms with E-state index >= 15 is 0 Å². The van der Waals surface area contributed by atoms with Crippen LogP contribution in [0.4, 0.5) is 0 Å². The van der Waals surface area contributed by atoms with E-state index in [0.717, 1.165) is 12.1 Å². The molecule has 12 heavy (non-hydrogen) atoms. The molecule has 0 aromatic rings. The summed E-state index contributed by atoms with van der Waals surface area (Å²) in [5.74, 6) is 0. The molecular weight excluding hydrogens is 148 g/mol. The lowest BCUT2D eigenvalue weighted by atomic mass is 10.1. The van der Waals surface area contributed by atoms with E-state index in [2.05, 4.69) is 17.1 Å². The Balaban J connectivity index is 1.94. The van der Waals surface area contributed by atoms with Crippen LogP contribution in [0, 0.1) is 0 Å². The number of piperazine rings is 1. The van der Waals surface area contributed by atoms with Crippen molar-refractivity contribution in [2.45, 2.75) is 44.7 Å². The summed E-state index contributed by atoms with van der Waals surface area (Å²) in [5, 5.41) is 3.63. The summed E-state index contributed by atoms with van der Waals surface area (Å²) in [6.07, 6.45) is 5.58. The van der Waals surface area contributed by atoms with Crippen LogP contribution in [-0.4, -0.2) is 36.6 Å². The summed E-state index contributed by atoms with van der Waals surface area (Å²) in [4.78, 5) is 2.69. The molecule has 1 aliphatic carbocycles. The van der Waals surface area contributed by atoms with Gasteiger partial charge in [0, 0.05) is 25.2 Å². The zero-order valence-corrected chi connectivity index (χ0v) is 8.05. The molecule has 1 saturated heterocycles. The van der Waals surface area contributed by atoms with E-state index in [1.807, 2.05) is 0 Å². The highest BCUT2D eigenvalue weighted by molar-refractivity contribution is 4.93. The van der Waals surface area contributed by atoms with Gasteiger partial charge >= 0.3 is 0 Å². The fourth-order valence-electron chi connectivity index (χ4n) is 2.74. The Kier molecular flexibility index (Phi) is 2.66. The van der Waals surface area contributed by atoms with Gasteiger partial charge in [-0.2, -0.15) is 0 Å². The first-order chi connectivity index (χ1) is 5.92. The third-order valence-electron chi connectivity index (χ3n) is 3.26. The largest absolute Gasteiger partial charge is 0.311 e. The van der Waals surface area contributed by atoms with Crippen LogP contribution in [0.2, 0.25) is 0 Å². The molecule has 0 unspecified atom stereocenters. The molecule has 1 N–H and O–H groups in total. The van der Waals surface area contributed by atoms with E-state index in [0.29, 0.717) is 0 Å². The molecule has 2 nitrogen and oxygen atoms in total. The number of hydrogen-bond acceptors (Lipinski definition) is 2. The molecule has 2 aliphatic rings. The number of nitrogens with zero attached hydrogens (tertiary/aromatic N) is 1. The Morgan fingerprint density at radius 1 is 1.42 bits per heavy atom. The van der Waals surface area contributed by atoms with Crippen molar-refractivity contribution >= 4 is 0 Å². The minimum atomic E-state index is 0.824. The summed E-state index contributed by atoms with van der Waals surface area (Å²) in [6, 6.07) is 1.70. The van der Waals surface area contributed by atoms with Crippen molar-refractivity contribution in [1.29, 1.82) is 0 Å². The highest BCUT2D eigenvalue weighted by Crippen LogP contribution is 2.26. The van der Waals surface area contributed by atoms with E-state index < -0.39 is 0 Å². The van der Waals surface area contributed by atoms with Crippen LogP contribution < -0.4 is 5.32 Å². The van der Waals surface area contributed by atoms with Crippen molar-refractivity contribution in [1.82, 2.24) is 10.2 Å². The minimum absolute atomic E-state index is 0.824. The van der Waals surface area contributed by atoms with Crippen LogP contribution in [0.1, 0.15) is 32.6 Å². The van der Waals surface area contributed by atoms with Crippen molar-refractivity contribution in [3.63, 3.8) is 0 Å². The average molecular weight is 168 g/mol. The van der Waals surface area contributed by atoms with Gasteiger partial charge in [0.1, 0.15) is 0 Å². The van der Waals surface area contributed by atoms with Gasteiger partial charge in [0.05, 0.1) is 0 Å². The van der Waals surface area contributed by atoms with Crippen LogP contribution in [0.5, 0.6) is 0 Å². The van der Waals surface area contributed by atoms with Crippen LogP contribution in [0.15, 0.2) is 0 Å². The Bertz CT molecular complexity index is 145. The molecule has 0 spiro atoms. The molecule has 0 bridgehead atoms. The quantitative estimate of drug-likeness (QED) is 0.667. The molecule has 0 aromatic heterocycles. The third kappa shape index (κ3) is 1.50. The van der Waals surface area contributed by atoms with Crippen LogP contribution in [0.25, 0.3) is 0 Å². The molecule has 1 saturated carbocycles. The molecule has 2 rings (SSSR count). The topological polar surface area (TPSA) is 15.3 Å². The first kappa shape index (κ1) is 8.52. The second kappa shape index (κ2) is 3.75. The number of fused-ring (bicyclic) bond motifs is 1. The Hall–Kier alpha value is -0.0800. The van der Waals surface area contributed by atoms with Gasteiger partial charge in [0.15, 0.2) is 0 Å². The number of nitrogens with one attached hydrogen (secondary N) is 1. The van der Waals surface area contributed by atoms with Gasteiger partial charge in [-0.15, -0.1) is 0 Å². The zero-order valence-electron chi connectivity index (χ0n) is 8.05. The number of hydrogen-bond donors (Lipinski definition) is 1. The lowest BCUT2D eigenvalue weighted by molar-refractivity contribution is 0.137. The predicted octanol–water partition coefficient (Wildman–Crippen LogP) is 1.22. The summed E-state index contributed by atoms with van der Waals surface area (Å²) >= 11 is 0. The molecule has 1 heterocycles. The number of rotatable bonds is 2. The maximum atomic E-state index is 3.63. The van der Waals surface area contributed by atoms with Crippen molar-refractivity contribution in [2.24, 2.45) is 0 Å². The van der Waals surface area contributed by atoms with Gasteiger partial charge in [0.2, 0.25) is 0 Å². The average Bonchev–Trinajstić information content (AvgIpc) is 2.53. The smallest absolute Gasteiger partial charge is 0.0249 e. The van der Waals surface area contributed by atoms with E-state index in [-0.39, 0.29) is 0 Å². The predicted molar refractivity (Wildman–Crippen MR) is 51.3 cm³/mol. The SMILES string of the molecule is CCCN1CCN[C@@H]2CCC[C@@H]21. The van der Waals surface area contributed by atoms with Crippen LogP contribution in [-0.2, 0) is 0 Å². The molecule has 0 amide bonds. The molecule has 2 fully saturated rings. The third-order valence-corrected chi connectivity index (χ3v) is 3.26. The Labute approximate surface area is 75.3 Å². The second-order valence-electron chi connectivity index (χ2n) is 4.09. The van der Waals surface area contributed by atoms with Crippen molar-refractivity contribution < 1.29 is 0 Å². The molecular formula is C10H20N2. The molecule has 1 aliphatic heterocycles. The minimum Gasteiger partial charge on any atom is -0.311 e. The zero-order chi connectivity index (χ0) is 8.39. The standard InChI is InChI=1S/C10H20N2/c1-2-7-12-8-6-11-9-4-3-5-10(9)12/h9-11H,2-8H2,1H3/t9-,10+/m1/s1. The fraction of sp³-hybridized carbons (Fsp3) is 1.00. The highest BCUT2D eigenvalue weighted by atomic mass is 15.2. The lowest BCUT2D eigenvalue weighted by Crippen LogP contribution is -2.55. The van der Waals surface area contributed by atoms with Gasteiger partial charge < -0.3 is 5.32 Å². The normalized spacial score (nSPS) is 36.8. The van der Waals surface area contributed by atoms with Gasteiger partial charge in [-0.05, 0) is 25.8 Å². The van der Waals surface area contributed by atoms with Crippen LogP contribution >= 0.6 is 0 Å². The summed E-state index contributed by atoms with van der Waals surface area (Å²) in [7, 11) is 0. The van der Waals surface area contributed by atoms with Crippen LogP contribution in [0.3, 0.4) is 0 Å². The maximum absolute atomic E-state index is 3.63. The summed E-state index contributed by atoms with van der Waals surface area (Å²) in [6.45, 7) is 6.07. The summed E-state index contributed by atoms with van der Waals surface area (Å²) in [5.41, 5.74) is 0. The lowest BCUT2D eigenvalue weighted by Gasteiger charge is -2.38. The molecule has 0 aromatic carbocycles. The van der Waals surface area contributed by atoms with Gasteiger partial charge in [-0.3, -0.25) is 4.90 Å². The Morgan fingerprint density at radius 2 is 2.33 bits per heavy atom. The van der Waals surface area contributed by atoms with Crippen molar-refractivity contribution in [3.05, 3.63) is 0 Å². The fourth-order valence-corrected chi connectivity index (χ4v) is 2.74. The van der Waals surface area contributed by atoms with E-state index in [4.69, 9.17) is 0 Å².